The molecule has 11 heavy (non-hydrogen) atoms. The van der Waals surface area contributed by atoms with Crippen LogP contribution in [0.25, 0.3) is 0 Å². The Morgan fingerprint density at radius 2 is 2.09 bits per heavy atom. The zero-order valence-electron chi connectivity index (χ0n) is 6.42. The summed E-state index contributed by atoms with van der Waals surface area (Å²) in [5.41, 5.74) is 5.25. The van der Waals surface area contributed by atoms with Gasteiger partial charge in [0.15, 0.2) is 0 Å². The molecule has 3 fully saturated rings. The van der Waals surface area contributed by atoms with Crippen molar-refractivity contribution in [1.29, 1.82) is 0 Å². The summed E-state index contributed by atoms with van der Waals surface area (Å²) in [5, 5.41) is 3.35. The van der Waals surface area contributed by atoms with Crippen LogP contribution in [0.15, 0.2) is 0 Å². The SMILES string of the molecule is NCC(=O)N1CC2CC(C1)N2. The number of rotatable bonds is 1. The Bertz CT molecular complexity index is 167. The minimum Gasteiger partial charge on any atom is -0.338 e. The van der Waals surface area contributed by atoms with Gasteiger partial charge in [0.1, 0.15) is 0 Å². The highest BCUT2D eigenvalue weighted by Gasteiger charge is 2.37. The van der Waals surface area contributed by atoms with Crippen molar-refractivity contribution in [2.45, 2.75) is 18.5 Å². The van der Waals surface area contributed by atoms with Crippen LogP contribution in [-0.4, -0.2) is 42.5 Å². The first-order valence-corrected chi connectivity index (χ1v) is 4.03. The van der Waals surface area contributed by atoms with Gasteiger partial charge < -0.3 is 16.0 Å². The van der Waals surface area contributed by atoms with Crippen LogP contribution in [0.5, 0.6) is 0 Å². The fraction of sp³-hybridized carbons (Fsp3) is 0.857. The fourth-order valence-electron chi connectivity index (χ4n) is 1.85. The number of carbonyl (C=O) groups is 1. The first-order valence-electron chi connectivity index (χ1n) is 4.03. The van der Waals surface area contributed by atoms with E-state index in [1.807, 2.05) is 4.90 Å². The number of fused-ring (bicyclic) bond motifs is 2. The normalized spacial score (nSPS) is 34.8. The fourth-order valence-corrected chi connectivity index (χ4v) is 1.85. The minimum absolute atomic E-state index is 0.0844. The molecule has 2 unspecified atom stereocenters. The van der Waals surface area contributed by atoms with Crippen LogP contribution in [0.3, 0.4) is 0 Å². The Hall–Kier alpha value is -0.610. The third-order valence-corrected chi connectivity index (χ3v) is 2.45. The van der Waals surface area contributed by atoms with Gasteiger partial charge in [0, 0.05) is 25.2 Å². The summed E-state index contributed by atoms with van der Waals surface area (Å²) < 4.78 is 0. The van der Waals surface area contributed by atoms with Crippen LogP contribution < -0.4 is 11.1 Å². The molecular formula is C7H13N3O. The average Bonchev–Trinajstić information content (AvgIpc) is 2.02. The number of nitrogens with one attached hydrogen (secondary N) is 1. The van der Waals surface area contributed by atoms with E-state index in [1.54, 1.807) is 0 Å². The lowest BCUT2D eigenvalue weighted by atomic mass is 9.91. The Labute approximate surface area is 65.7 Å². The summed E-state index contributed by atoms with van der Waals surface area (Å²) in [5.74, 6) is 0.0844. The highest BCUT2D eigenvalue weighted by atomic mass is 16.2. The van der Waals surface area contributed by atoms with Gasteiger partial charge in [-0.15, -0.1) is 0 Å². The molecule has 4 nitrogen and oxygen atoms in total. The maximum atomic E-state index is 11.1. The summed E-state index contributed by atoms with van der Waals surface area (Å²) in [6.07, 6.45) is 1.23. The molecule has 3 saturated heterocycles. The van der Waals surface area contributed by atoms with Crippen molar-refractivity contribution in [2.24, 2.45) is 5.73 Å². The number of amides is 1. The average molecular weight is 155 g/mol. The lowest BCUT2D eigenvalue weighted by molar-refractivity contribution is -0.133. The van der Waals surface area contributed by atoms with E-state index < -0.39 is 0 Å². The van der Waals surface area contributed by atoms with Crippen LogP contribution in [0.4, 0.5) is 0 Å². The van der Waals surface area contributed by atoms with E-state index in [0.717, 1.165) is 13.1 Å². The van der Waals surface area contributed by atoms with Gasteiger partial charge >= 0.3 is 0 Å². The smallest absolute Gasteiger partial charge is 0.236 e. The maximum Gasteiger partial charge on any atom is 0.236 e. The number of piperidine rings is 1. The molecule has 0 aromatic rings. The third-order valence-electron chi connectivity index (χ3n) is 2.45. The highest BCUT2D eigenvalue weighted by Crippen LogP contribution is 2.20. The zero-order valence-corrected chi connectivity index (χ0v) is 6.42. The predicted molar refractivity (Wildman–Crippen MR) is 41.0 cm³/mol. The number of hydrogen-bond donors (Lipinski definition) is 2. The molecule has 0 saturated carbocycles. The van der Waals surface area contributed by atoms with Gasteiger partial charge in [-0.3, -0.25) is 4.79 Å². The quantitative estimate of drug-likeness (QED) is 0.485. The predicted octanol–water partition coefficient (Wildman–Crippen LogP) is -1.48. The lowest BCUT2D eigenvalue weighted by Crippen LogP contribution is -2.68. The van der Waals surface area contributed by atoms with Crippen molar-refractivity contribution >= 4 is 5.91 Å². The van der Waals surface area contributed by atoms with E-state index in [9.17, 15) is 4.79 Å². The molecule has 1 amide bonds. The van der Waals surface area contributed by atoms with Crippen LogP contribution in [0, 0.1) is 0 Å². The highest BCUT2D eigenvalue weighted by molar-refractivity contribution is 5.78. The van der Waals surface area contributed by atoms with Crippen LogP contribution in [0.2, 0.25) is 0 Å². The van der Waals surface area contributed by atoms with Crippen LogP contribution >= 0.6 is 0 Å². The molecule has 2 bridgehead atoms. The second-order valence-electron chi connectivity index (χ2n) is 3.30. The Morgan fingerprint density at radius 1 is 1.55 bits per heavy atom. The first kappa shape index (κ1) is 7.06. The van der Waals surface area contributed by atoms with Crippen molar-refractivity contribution < 1.29 is 4.79 Å². The van der Waals surface area contributed by atoms with Crippen LogP contribution in [0.1, 0.15) is 6.42 Å². The topological polar surface area (TPSA) is 58.4 Å². The molecule has 3 heterocycles. The molecular weight excluding hydrogens is 142 g/mol. The largest absolute Gasteiger partial charge is 0.338 e. The van der Waals surface area contributed by atoms with E-state index in [1.165, 1.54) is 6.42 Å². The molecule has 3 aliphatic rings. The van der Waals surface area contributed by atoms with Gasteiger partial charge in [-0.1, -0.05) is 0 Å². The molecule has 0 spiro atoms. The van der Waals surface area contributed by atoms with Crippen LogP contribution in [-0.2, 0) is 4.79 Å². The van der Waals surface area contributed by atoms with Crippen molar-refractivity contribution in [3.05, 3.63) is 0 Å². The van der Waals surface area contributed by atoms with Gasteiger partial charge in [0.05, 0.1) is 6.54 Å². The summed E-state index contributed by atoms with van der Waals surface area (Å²) >= 11 is 0. The van der Waals surface area contributed by atoms with Crippen molar-refractivity contribution in [3.8, 4) is 0 Å². The molecule has 0 radical (unpaired) electrons. The Balaban J connectivity index is 1.92. The number of nitrogens with two attached hydrogens (primary N) is 1. The number of hydrogen-bond acceptors (Lipinski definition) is 3. The molecule has 0 aliphatic carbocycles. The minimum atomic E-state index is 0.0844. The van der Waals surface area contributed by atoms with E-state index in [0.29, 0.717) is 12.1 Å². The van der Waals surface area contributed by atoms with E-state index in [-0.39, 0.29) is 12.5 Å². The van der Waals surface area contributed by atoms with Gasteiger partial charge in [-0.25, -0.2) is 0 Å². The lowest BCUT2D eigenvalue weighted by Gasteiger charge is -2.48. The van der Waals surface area contributed by atoms with E-state index >= 15 is 0 Å². The molecule has 62 valence electrons. The molecule has 3 aliphatic heterocycles. The molecule has 0 aromatic carbocycles. The number of piperazine rings is 1. The summed E-state index contributed by atoms with van der Waals surface area (Å²) in [4.78, 5) is 13.0. The van der Waals surface area contributed by atoms with Gasteiger partial charge in [-0.05, 0) is 6.42 Å². The molecule has 3 rings (SSSR count). The second kappa shape index (κ2) is 2.46. The van der Waals surface area contributed by atoms with Gasteiger partial charge in [0.25, 0.3) is 0 Å². The molecule has 3 N–H and O–H groups in total. The van der Waals surface area contributed by atoms with Crippen molar-refractivity contribution in [1.82, 2.24) is 10.2 Å². The monoisotopic (exact) mass is 155 g/mol. The summed E-state index contributed by atoms with van der Waals surface area (Å²) in [6.45, 7) is 1.86. The standard InChI is InChI=1S/C7H13N3O/c8-2-7(11)10-3-5-1-6(4-10)9-5/h5-6,9H,1-4,8H2. The van der Waals surface area contributed by atoms with E-state index in [4.69, 9.17) is 5.73 Å². The second-order valence-corrected chi connectivity index (χ2v) is 3.30. The molecule has 2 atom stereocenters. The van der Waals surface area contributed by atoms with Gasteiger partial charge in [0.2, 0.25) is 5.91 Å². The van der Waals surface area contributed by atoms with Crippen molar-refractivity contribution in [2.75, 3.05) is 19.6 Å². The first-order chi connectivity index (χ1) is 5.29. The number of carbonyl (C=O) groups excluding carboxylic acids is 1. The van der Waals surface area contributed by atoms with Crippen molar-refractivity contribution in [3.63, 3.8) is 0 Å². The maximum absolute atomic E-state index is 11.1. The third kappa shape index (κ3) is 1.12. The summed E-state index contributed by atoms with van der Waals surface area (Å²) in [6, 6.07) is 1.09. The number of nitrogens with zero attached hydrogens (tertiary/aromatic N) is 1. The molecule has 0 aromatic heterocycles. The van der Waals surface area contributed by atoms with E-state index in [2.05, 4.69) is 5.32 Å². The Kier molecular flexibility index (Phi) is 1.58. The zero-order chi connectivity index (χ0) is 7.84. The molecule has 4 heteroatoms. The van der Waals surface area contributed by atoms with Gasteiger partial charge in [-0.2, -0.15) is 0 Å². The Morgan fingerprint density at radius 3 is 2.55 bits per heavy atom. The summed E-state index contributed by atoms with van der Waals surface area (Å²) in [7, 11) is 0.